The molecule has 3 heteroatoms. The van der Waals surface area contributed by atoms with Crippen molar-refractivity contribution in [2.24, 2.45) is 5.41 Å². The van der Waals surface area contributed by atoms with Gasteiger partial charge >= 0.3 is 0 Å². The van der Waals surface area contributed by atoms with Gasteiger partial charge in [-0.3, -0.25) is 9.88 Å². The molecule has 1 atom stereocenters. The summed E-state index contributed by atoms with van der Waals surface area (Å²) in [4.78, 5) is 10.6. The quantitative estimate of drug-likeness (QED) is 0.742. The Hall–Kier alpha value is -2.13. The topological polar surface area (TPSA) is 31.9 Å². The summed E-state index contributed by atoms with van der Waals surface area (Å²) in [6.45, 7) is 9.06. The van der Waals surface area contributed by atoms with E-state index in [0.29, 0.717) is 6.04 Å². The second-order valence-electron chi connectivity index (χ2n) is 7.91. The molecule has 1 N–H and O–H groups in total. The van der Waals surface area contributed by atoms with Crippen molar-refractivity contribution in [3.8, 4) is 0 Å². The van der Waals surface area contributed by atoms with Crippen LogP contribution in [0.1, 0.15) is 43.6 Å². The second kappa shape index (κ2) is 5.75. The molecule has 0 radical (unpaired) electrons. The van der Waals surface area contributed by atoms with E-state index >= 15 is 0 Å². The molecular weight excluding hydrogens is 294 g/mol. The van der Waals surface area contributed by atoms with Crippen molar-refractivity contribution < 1.29 is 0 Å². The summed E-state index contributed by atoms with van der Waals surface area (Å²) in [5.41, 5.74) is 5.62. The van der Waals surface area contributed by atoms with Crippen LogP contribution in [0.4, 0.5) is 0 Å². The van der Waals surface area contributed by atoms with Crippen LogP contribution in [-0.2, 0) is 13.0 Å². The van der Waals surface area contributed by atoms with Gasteiger partial charge in [-0.2, -0.15) is 0 Å². The van der Waals surface area contributed by atoms with Crippen molar-refractivity contribution in [3.05, 3.63) is 65.6 Å². The monoisotopic (exact) mass is 319 g/mol. The predicted octanol–water partition coefficient (Wildman–Crippen LogP) is 4.71. The summed E-state index contributed by atoms with van der Waals surface area (Å²) in [5, 5.41) is 1.39. The SMILES string of the molecule is CC(C)(C)C1c2[nH]c3ccccc3c2CCN1Cc1cccnc1. The van der Waals surface area contributed by atoms with E-state index in [2.05, 4.69) is 66.0 Å². The number of para-hydroxylation sites is 1. The fraction of sp³-hybridized carbons (Fsp3) is 0.381. The zero-order valence-corrected chi connectivity index (χ0v) is 14.7. The lowest BCUT2D eigenvalue weighted by atomic mass is 9.79. The number of aromatic nitrogens is 2. The fourth-order valence-electron chi connectivity index (χ4n) is 4.17. The average Bonchev–Trinajstić information content (AvgIpc) is 2.92. The van der Waals surface area contributed by atoms with Gasteiger partial charge in [-0.05, 0) is 35.1 Å². The van der Waals surface area contributed by atoms with Crippen molar-refractivity contribution in [1.82, 2.24) is 14.9 Å². The molecule has 0 spiro atoms. The molecule has 1 aromatic carbocycles. The van der Waals surface area contributed by atoms with Crippen LogP contribution in [0.15, 0.2) is 48.8 Å². The van der Waals surface area contributed by atoms with E-state index in [1.807, 2.05) is 18.5 Å². The van der Waals surface area contributed by atoms with Gasteiger partial charge in [-0.1, -0.05) is 45.0 Å². The van der Waals surface area contributed by atoms with Crippen molar-refractivity contribution in [3.63, 3.8) is 0 Å². The first-order valence-electron chi connectivity index (χ1n) is 8.76. The van der Waals surface area contributed by atoms with Gasteiger partial charge in [0.2, 0.25) is 0 Å². The van der Waals surface area contributed by atoms with Crippen LogP contribution >= 0.6 is 0 Å². The number of benzene rings is 1. The average molecular weight is 319 g/mol. The lowest BCUT2D eigenvalue weighted by Crippen LogP contribution is -2.41. The number of hydrogen-bond acceptors (Lipinski definition) is 2. The van der Waals surface area contributed by atoms with Crippen molar-refractivity contribution in [1.29, 1.82) is 0 Å². The van der Waals surface area contributed by atoms with Gasteiger partial charge in [-0.25, -0.2) is 0 Å². The van der Waals surface area contributed by atoms with Gasteiger partial charge in [0.1, 0.15) is 0 Å². The van der Waals surface area contributed by atoms with E-state index in [4.69, 9.17) is 0 Å². The molecule has 1 aliphatic rings. The van der Waals surface area contributed by atoms with Crippen LogP contribution in [0.25, 0.3) is 10.9 Å². The molecule has 0 saturated heterocycles. The first kappa shape index (κ1) is 15.4. The number of aromatic amines is 1. The highest BCUT2D eigenvalue weighted by Crippen LogP contribution is 2.44. The Morgan fingerprint density at radius 1 is 1.17 bits per heavy atom. The Kier molecular flexibility index (Phi) is 3.69. The molecule has 3 aromatic rings. The molecule has 3 nitrogen and oxygen atoms in total. The molecule has 1 unspecified atom stereocenters. The summed E-state index contributed by atoms with van der Waals surface area (Å²) in [5.74, 6) is 0. The van der Waals surface area contributed by atoms with Crippen molar-refractivity contribution in [2.75, 3.05) is 6.54 Å². The van der Waals surface area contributed by atoms with Crippen LogP contribution < -0.4 is 0 Å². The zero-order chi connectivity index (χ0) is 16.7. The van der Waals surface area contributed by atoms with E-state index in [1.165, 1.54) is 27.7 Å². The minimum absolute atomic E-state index is 0.165. The number of rotatable bonds is 2. The zero-order valence-electron chi connectivity index (χ0n) is 14.7. The van der Waals surface area contributed by atoms with Gasteiger partial charge in [0, 0.05) is 42.1 Å². The summed E-state index contributed by atoms with van der Waals surface area (Å²) in [6.07, 6.45) is 4.93. The molecule has 0 aliphatic carbocycles. The third-order valence-corrected chi connectivity index (χ3v) is 5.06. The molecule has 2 aromatic heterocycles. The third-order valence-electron chi connectivity index (χ3n) is 5.06. The van der Waals surface area contributed by atoms with Gasteiger partial charge in [0.15, 0.2) is 0 Å². The highest BCUT2D eigenvalue weighted by atomic mass is 15.2. The minimum Gasteiger partial charge on any atom is -0.357 e. The highest BCUT2D eigenvalue weighted by Gasteiger charge is 2.37. The summed E-state index contributed by atoms with van der Waals surface area (Å²) < 4.78 is 0. The maximum Gasteiger partial charge on any atom is 0.0553 e. The Morgan fingerprint density at radius 3 is 2.75 bits per heavy atom. The molecule has 0 saturated carbocycles. The lowest BCUT2D eigenvalue weighted by molar-refractivity contribution is 0.0792. The Labute approximate surface area is 143 Å². The van der Waals surface area contributed by atoms with Gasteiger partial charge in [0.25, 0.3) is 0 Å². The first-order valence-corrected chi connectivity index (χ1v) is 8.76. The maximum absolute atomic E-state index is 4.28. The van der Waals surface area contributed by atoms with E-state index in [0.717, 1.165) is 19.5 Å². The predicted molar refractivity (Wildman–Crippen MR) is 98.8 cm³/mol. The van der Waals surface area contributed by atoms with Crippen LogP contribution in [0, 0.1) is 5.41 Å². The molecule has 0 amide bonds. The molecule has 3 heterocycles. The van der Waals surface area contributed by atoms with Crippen molar-refractivity contribution in [2.45, 2.75) is 39.8 Å². The van der Waals surface area contributed by atoms with Crippen LogP contribution in [0.2, 0.25) is 0 Å². The van der Waals surface area contributed by atoms with E-state index in [-0.39, 0.29) is 5.41 Å². The Balaban J connectivity index is 1.77. The summed E-state index contributed by atoms with van der Waals surface area (Å²) in [6, 6.07) is 13.3. The molecule has 24 heavy (non-hydrogen) atoms. The molecular formula is C21H25N3. The molecule has 4 rings (SSSR count). The Bertz CT molecular complexity index is 842. The highest BCUT2D eigenvalue weighted by molar-refractivity contribution is 5.85. The first-order chi connectivity index (χ1) is 11.5. The minimum atomic E-state index is 0.165. The molecule has 1 aliphatic heterocycles. The van der Waals surface area contributed by atoms with Crippen LogP contribution in [0.5, 0.6) is 0 Å². The maximum atomic E-state index is 4.28. The van der Waals surface area contributed by atoms with Gasteiger partial charge in [-0.15, -0.1) is 0 Å². The fourth-order valence-corrected chi connectivity index (χ4v) is 4.17. The number of nitrogens with one attached hydrogen (secondary N) is 1. The van der Waals surface area contributed by atoms with Crippen molar-refractivity contribution >= 4 is 10.9 Å². The second-order valence-corrected chi connectivity index (χ2v) is 7.91. The number of fused-ring (bicyclic) bond motifs is 3. The molecule has 124 valence electrons. The third kappa shape index (κ3) is 2.63. The van der Waals surface area contributed by atoms with E-state index in [1.54, 1.807) is 0 Å². The van der Waals surface area contributed by atoms with Gasteiger partial charge in [0.05, 0.1) is 6.04 Å². The number of hydrogen-bond donors (Lipinski definition) is 1. The smallest absolute Gasteiger partial charge is 0.0553 e. The van der Waals surface area contributed by atoms with E-state index < -0.39 is 0 Å². The molecule has 0 bridgehead atoms. The number of H-pyrrole nitrogens is 1. The summed E-state index contributed by atoms with van der Waals surface area (Å²) >= 11 is 0. The van der Waals surface area contributed by atoms with Crippen LogP contribution in [0.3, 0.4) is 0 Å². The number of nitrogens with zero attached hydrogens (tertiary/aromatic N) is 2. The standard InChI is InChI=1S/C21H25N3/c1-21(2,3)20-19-17(16-8-4-5-9-18(16)23-19)10-12-24(20)14-15-7-6-11-22-13-15/h4-9,11,13,20,23H,10,12,14H2,1-3H3. The van der Waals surface area contributed by atoms with E-state index in [9.17, 15) is 0 Å². The van der Waals surface area contributed by atoms with Crippen LogP contribution in [-0.4, -0.2) is 21.4 Å². The Morgan fingerprint density at radius 2 is 2.00 bits per heavy atom. The number of pyridine rings is 1. The largest absolute Gasteiger partial charge is 0.357 e. The summed E-state index contributed by atoms with van der Waals surface area (Å²) in [7, 11) is 0. The normalized spacial score (nSPS) is 18.7. The molecule has 0 fully saturated rings. The lowest BCUT2D eigenvalue weighted by Gasteiger charge is -2.43. The van der Waals surface area contributed by atoms with Gasteiger partial charge < -0.3 is 4.98 Å².